The normalized spacial score (nSPS) is 10.1. The fourth-order valence-electron chi connectivity index (χ4n) is 1.11. The number of unbranched alkanes of at least 4 members (excludes halogenated alkanes) is 2. The molecule has 0 fully saturated rings. The Labute approximate surface area is 85.2 Å². The molecule has 5 heteroatoms. The van der Waals surface area contributed by atoms with Crippen molar-refractivity contribution in [1.29, 1.82) is 0 Å². The van der Waals surface area contributed by atoms with E-state index in [9.17, 15) is 4.79 Å². The molecular formula is C9H21N3O2. The number of amides is 1. The Balaban J connectivity index is 2.95. The Morgan fingerprint density at radius 3 is 2.57 bits per heavy atom. The van der Waals surface area contributed by atoms with Gasteiger partial charge in [0.15, 0.2) is 0 Å². The van der Waals surface area contributed by atoms with Crippen molar-refractivity contribution in [3.05, 3.63) is 0 Å². The summed E-state index contributed by atoms with van der Waals surface area (Å²) in [6, 6.07) is 0. The summed E-state index contributed by atoms with van der Waals surface area (Å²) in [4.78, 5) is 10.6. The van der Waals surface area contributed by atoms with Crippen LogP contribution in [0.25, 0.3) is 0 Å². The van der Waals surface area contributed by atoms with Crippen LogP contribution in [-0.2, 0) is 4.79 Å². The lowest BCUT2D eigenvalue weighted by Crippen LogP contribution is -2.25. The highest BCUT2D eigenvalue weighted by Crippen LogP contribution is 1.98. The molecule has 0 spiro atoms. The summed E-state index contributed by atoms with van der Waals surface area (Å²) in [5.41, 5.74) is 1.62. The molecule has 0 radical (unpaired) electrons. The fraction of sp³-hybridized carbons (Fsp3) is 0.889. The molecule has 0 aromatic carbocycles. The Bertz CT molecular complexity index is 142. The van der Waals surface area contributed by atoms with E-state index in [0.717, 1.165) is 38.9 Å². The lowest BCUT2D eigenvalue weighted by molar-refractivity contribution is -0.129. The minimum absolute atomic E-state index is 0.298. The van der Waals surface area contributed by atoms with Gasteiger partial charge in [0.2, 0.25) is 5.91 Å². The zero-order valence-corrected chi connectivity index (χ0v) is 8.81. The topological polar surface area (TPSA) is 73.4 Å². The SMILES string of the molecule is CNCCNCCCCCC(=O)NO. The summed E-state index contributed by atoms with van der Waals surface area (Å²) >= 11 is 0. The molecule has 0 aliphatic carbocycles. The Morgan fingerprint density at radius 1 is 1.14 bits per heavy atom. The van der Waals surface area contributed by atoms with Gasteiger partial charge in [-0.15, -0.1) is 0 Å². The third kappa shape index (κ3) is 9.44. The van der Waals surface area contributed by atoms with Crippen LogP contribution >= 0.6 is 0 Å². The smallest absolute Gasteiger partial charge is 0.243 e. The molecule has 0 aromatic rings. The van der Waals surface area contributed by atoms with Crippen LogP contribution < -0.4 is 16.1 Å². The van der Waals surface area contributed by atoms with E-state index in [2.05, 4.69) is 10.6 Å². The monoisotopic (exact) mass is 203 g/mol. The zero-order chi connectivity index (χ0) is 10.6. The molecule has 0 saturated heterocycles. The molecule has 0 aliphatic rings. The quantitative estimate of drug-likeness (QED) is 0.239. The van der Waals surface area contributed by atoms with Crippen LogP contribution in [0.2, 0.25) is 0 Å². The maximum absolute atomic E-state index is 10.6. The third-order valence-corrected chi connectivity index (χ3v) is 1.93. The van der Waals surface area contributed by atoms with Gasteiger partial charge >= 0.3 is 0 Å². The summed E-state index contributed by atoms with van der Waals surface area (Å²) in [5, 5.41) is 14.5. The first-order chi connectivity index (χ1) is 6.81. The summed E-state index contributed by atoms with van der Waals surface area (Å²) in [6.07, 6.45) is 3.33. The van der Waals surface area contributed by atoms with Crippen LogP contribution in [0, 0.1) is 0 Å². The number of hydrogen-bond donors (Lipinski definition) is 4. The van der Waals surface area contributed by atoms with Crippen LogP contribution in [0.1, 0.15) is 25.7 Å². The van der Waals surface area contributed by atoms with Crippen molar-refractivity contribution in [2.45, 2.75) is 25.7 Å². The number of likely N-dealkylation sites (N-methyl/N-ethyl adjacent to an activating group) is 1. The minimum atomic E-state index is -0.298. The van der Waals surface area contributed by atoms with E-state index in [4.69, 9.17) is 5.21 Å². The molecule has 0 rings (SSSR count). The van der Waals surface area contributed by atoms with Crippen LogP contribution in [0.4, 0.5) is 0 Å². The maximum atomic E-state index is 10.6. The fourth-order valence-corrected chi connectivity index (χ4v) is 1.11. The van der Waals surface area contributed by atoms with Crippen molar-refractivity contribution in [2.24, 2.45) is 0 Å². The Morgan fingerprint density at radius 2 is 1.93 bits per heavy atom. The molecule has 4 N–H and O–H groups in total. The lowest BCUT2D eigenvalue weighted by atomic mass is 10.2. The van der Waals surface area contributed by atoms with Gasteiger partial charge in [-0.2, -0.15) is 0 Å². The summed E-state index contributed by atoms with van der Waals surface area (Å²) in [6.45, 7) is 2.95. The van der Waals surface area contributed by atoms with Gasteiger partial charge in [0.05, 0.1) is 0 Å². The zero-order valence-electron chi connectivity index (χ0n) is 8.81. The second-order valence-corrected chi connectivity index (χ2v) is 3.20. The molecule has 84 valence electrons. The maximum Gasteiger partial charge on any atom is 0.243 e. The highest BCUT2D eigenvalue weighted by Gasteiger charge is 1.97. The van der Waals surface area contributed by atoms with E-state index >= 15 is 0 Å². The van der Waals surface area contributed by atoms with Gasteiger partial charge in [-0.3, -0.25) is 10.0 Å². The molecular weight excluding hydrogens is 182 g/mol. The van der Waals surface area contributed by atoms with Crippen molar-refractivity contribution in [1.82, 2.24) is 16.1 Å². The molecule has 5 nitrogen and oxygen atoms in total. The van der Waals surface area contributed by atoms with Gasteiger partial charge in [0.25, 0.3) is 0 Å². The number of hydrogen-bond acceptors (Lipinski definition) is 4. The molecule has 1 amide bonds. The van der Waals surface area contributed by atoms with E-state index in [-0.39, 0.29) is 5.91 Å². The first-order valence-corrected chi connectivity index (χ1v) is 5.09. The molecule has 0 bridgehead atoms. The van der Waals surface area contributed by atoms with Gasteiger partial charge in [-0.25, -0.2) is 5.48 Å². The van der Waals surface area contributed by atoms with Crippen LogP contribution in [0.15, 0.2) is 0 Å². The number of hydroxylamine groups is 1. The van der Waals surface area contributed by atoms with E-state index in [0.29, 0.717) is 6.42 Å². The van der Waals surface area contributed by atoms with Gasteiger partial charge in [-0.1, -0.05) is 6.42 Å². The average molecular weight is 203 g/mol. The van der Waals surface area contributed by atoms with Gasteiger partial charge < -0.3 is 10.6 Å². The van der Waals surface area contributed by atoms with Crippen LogP contribution in [-0.4, -0.2) is 37.8 Å². The molecule has 0 aliphatic heterocycles. The molecule has 0 saturated carbocycles. The van der Waals surface area contributed by atoms with Crippen molar-refractivity contribution in [3.8, 4) is 0 Å². The highest BCUT2D eigenvalue weighted by molar-refractivity contribution is 5.74. The molecule has 0 unspecified atom stereocenters. The largest absolute Gasteiger partial charge is 0.318 e. The average Bonchev–Trinajstić information content (AvgIpc) is 2.21. The van der Waals surface area contributed by atoms with E-state index < -0.39 is 0 Å². The van der Waals surface area contributed by atoms with Crippen LogP contribution in [0.3, 0.4) is 0 Å². The van der Waals surface area contributed by atoms with E-state index in [1.165, 1.54) is 0 Å². The summed E-state index contributed by atoms with van der Waals surface area (Å²) in [7, 11) is 1.93. The molecule has 14 heavy (non-hydrogen) atoms. The standard InChI is InChI=1S/C9H21N3O2/c1-10-7-8-11-6-4-2-3-5-9(13)12-14/h10-11,14H,2-8H2,1H3,(H,12,13). The predicted molar refractivity (Wildman–Crippen MR) is 55.2 cm³/mol. The predicted octanol–water partition coefficient (Wildman–Crippen LogP) is -0.139. The summed E-state index contributed by atoms with van der Waals surface area (Å²) < 4.78 is 0. The van der Waals surface area contributed by atoms with Crippen molar-refractivity contribution in [2.75, 3.05) is 26.7 Å². The third-order valence-electron chi connectivity index (χ3n) is 1.93. The number of carbonyl (C=O) groups is 1. The number of carbonyl (C=O) groups excluding carboxylic acids is 1. The van der Waals surface area contributed by atoms with Crippen molar-refractivity contribution < 1.29 is 10.0 Å². The second kappa shape index (κ2) is 10.4. The molecule has 0 atom stereocenters. The first-order valence-electron chi connectivity index (χ1n) is 5.09. The van der Waals surface area contributed by atoms with Crippen LogP contribution in [0.5, 0.6) is 0 Å². The van der Waals surface area contributed by atoms with Gasteiger partial charge in [0, 0.05) is 19.5 Å². The lowest BCUT2D eigenvalue weighted by Gasteiger charge is -2.03. The second-order valence-electron chi connectivity index (χ2n) is 3.20. The van der Waals surface area contributed by atoms with Crippen molar-refractivity contribution >= 4 is 5.91 Å². The Kier molecular flexibility index (Phi) is 9.95. The first kappa shape index (κ1) is 13.4. The highest BCUT2D eigenvalue weighted by atomic mass is 16.5. The Hall–Kier alpha value is -0.650. The van der Waals surface area contributed by atoms with Gasteiger partial charge in [0.1, 0.15) is 0 Å². The van der Waals surface area contributed by atoms with Gasteiger partial charge in [-0.05, 0) is 26.4 Å². The minimum Gasteiger partial charge on any atom is -0.318 e. The van der Waals surface area contributed by atoms with Crippen molar-refractivity contribution in [3.63, 3.8) is 0 Å². The van der Waals surface area contributed by atoms with E-state index in [1.807, 2.05) is 7.05 Å². The molecule has 0 heterocycles. The number of nitrogens with one attached hydrogen (secondary N) is 3. The number of rotatable bonds is 9. The summed E-state index contributed by atoms with van der Waals surface area (Å²) in [5.74, 6) is -0.298. The molecule has 0 aromatic heterocycles. The van der Waals surface area contributed by atoms with E-state index in [1.54, 1.807) is 5.48 Å².